The van der Waals surface area contributed by atoms with E-state index in [9.17, 15) is 18.0 Å². The molecule has 1 aliphatic rings. The molecule has 0 amide bonds. The van der Waals surface area contributed by atoms with Gasteiger partial charge >= 0.3 is 12.1 Å². The van der Waals surface area contributed by atoms with Crippen molar-refractivity contribution in [3.63, 3.8) is 0 Å². The smallest absolute Gasteiger partial charge is 0.416 e. The Morgan fingerprint density at radius 3 is 2.50 bits per heavy atom. The van der Waals surface area contributed by atoms with E-state index in [1.165, 1.54) is 19.2 Å². The summed E-state index contributed by atoms with van der Waals surface area (Å²) in [5, 5.41) is 3.28. The summed E-state index contributed by atoms with van der Waals surface area (Å²) >= 11 is 0. The van der Waals surface area contributed by atoms with E-state index in [-0.39, 0.29) is 30.3 Å². The molecule has 22 heavy (non-hydrogen) atoms. The van der Waals surface area contributed by atoms with E-state index in [0.717, 1.165) is 37.1 Å². The Kier molecular flexibility index (Phi) is 6.68. The lowest BCUT2D eigenvalue weighted by atomic mass is 9.86. The Balaban J connectivity index is 0.00000242. The molecule has 0 saturated carbocycles. The third-order valence-corrected chi connectivity index (χ3v) is 3.84. The van der Waals surface area contributed by atoms with Crippen LogP contribution in [0, 0.1) is 5.92 Å². The van der Waals surface area contributed by atoms with Gasteiger partial charge in [0.15, 0.2) is 0 Å². The van der Waals surface area contributed by atoms with Crippen molar-refractivity contribution in [3.8, 4) is 0 Å². The largest absolute Gasteiger partial charge is 0.469 e. The monoisotopic (exact) mass is 337 g/mol. The van der Waals surface area contributed by atoms with Crippen LogP contribution in [0.1, 0.15) is 36.4 Å². The molecular formula is C15H19ClF3NO2. The summed E-state index contributed by atoms with van der Waals surface area (Å²) in [5.41, 5.74) is 0.172. The first-order chi connectivity index (χ1) is 9.90. The fraction of sp³-hybridized carbons (Fsp3) is 0.533. The highest BCUT2D eigenvalue weighted by Gasteiger charge is 2.31. The molecule has 1 aromatic rings. The summed E-state index contributed by atoms with van der Waals surface area (Å²) in [5.74, 6) is -0.0425. The molecule has 2 unspecified atom stereocenters. The average molecular weight is 338 g/mol. The maximum Gasteiger partial charge on any atom is 0.416 e. The predicted molar refractivity (Wildman–Crippen MR) is 78.8 cm³/mol. The lowest BCUT2D eigenvalue weighted by molar-refractivity contribution is -0.142. The van der Waals surface area contributed by atoms with Crippen molar-refractivity contribution in [2.45, 2.75) is 31.5 Å². The van der Waals surface area contributed by atoms with Gasteiger partial charge in [0, 0.05) is 12.5 Å². The van der Waals surface area contributed by atoms with Crippen molar-refractivity contribution in [2.75, 3.05) is 13.7 Å². The van der Waals surface area contributed by atoms with Crippen molar-refractivity contribution < 1.29 is 22.7 Å². The molecule has 2 atom stereocenters. The molecule has 1 saturated heterocycles. The molecule has 1 fully saturated rings. The number of benzene rings is 1. The van der Waals surface area contributed by atoms with Crippen LogP contribution in [-0.2, 0) is 15.7 Å². The van der Waals surface area contributed by atoms with E-state index in [4.69, 9.17) is 0 Å². The number of rotatable bonds is 3. The summed E-state index contributed by atoms with van der Waals surface area (Å²) in [7, 11) is 1.36. The zero-order valence-electron chi connectivity index (χ0n) is 12.2. The summed E-state index contributed by atoms with van der Waals surface area (Å²) < 4.78 is 42.3. The van der Waals surface area contributed by atoms with E-state index in [1.807, 2.05) is 0 Å². The molecule has 1 aromatic carbocycles. The van der Waals surface area contributed by atoms with E-state index in [2.05, 4.69) is 10.1 Å². The number of nitrogens with one attached hydrogen (secondary N) is 1. The molecule has 3 nitrogen and oxygen atoms in total. The van der Waals surface area contributed by atoms with Gasteiger partial charge in [0.25, 0.3) is 0 Å². The second-order valence-electron chi connectivity index (χ2n) is 5.30. The first-order valence-corrected chi connectivity index (χ1v) is 6.87. The minimum Gasteiger partial charge on any atom is -0.469 e. The number of piperidine rings is 1. The summed E-state index contributed by atoms with van der Waals surface area (Å²) in [4.78, 5) is 11.3. The zero-order valence-corrected chi connectivity index (χ0v) is 13.0. The highest BCUT2D eigenvalue weighted by Crippen LogP contribution is 2.33. The summed E-state index contributed by atoms with van der Waals surface area (Å²) in [6.07, 6.45) is -2.37. The fourth-order valence-electron chi connectivity index (χ4n) is 2.66. The molecular weight excluding hydrogens is 319 g/mol. The number of esters is 1. The number of alkyl halides is 3. The van der Waals surface area contributed by atoms with Crippen LogP contribution in [0.2, 0.25) is 0 Å². The minimum absolute atomic E-state index is 0. The molecule has 1 N–H and O–H groups in total. The number of ether oxygens (including phenoxy) is 1. The van der Waals surface area contributed by atoms with Crippen molar-refractivity contribution >= 4 is 18.4 Å². The molecule has 0 radical (unpaired) electrons. The SMILES string of the molecule is COC(=O)CC1CCNC(c2ccc(C(F)(F)F)cc2)C1.Cl. The van der Waals surface area contributed by atoms with E-state index < -0.39 is 11.7 Å². The van der Waals surface area contributed by atoms with Gasteiger partial charge in [0.2, 0.25) is 0 Å². The zero-order chi connectivity index (χ0) is 15.5. The van der Waals surface area contributed by atoms with Gasteiger partial charge in [0.05, 0.1) is 12.7 Å². The van der Waals surface area contributed by atoms with Crippen LogP contribution in [-0.4, -0.2) is 19.6 Å². The predicted octanol–water partition coefficient (Wildman–Crippen LogP) is 3.73. The Bertz CT molecular complexity index is 491. The number of hydrogen-bond donors (Lipinski definition) is 1. The van der Waals surface area contributed by atoms with Crippen molar-refractivity contribution in [1.29, 1.82) is 0 Å². The highest BCUT2D eigenvalue weighted by atomic mass is 35.5. The van der Waals surface area contributed by atoms with Gasteiger partial charge in [-0.05, 0) is 43.0 Å². The highest BCUT2D eigenvalue weighted by molar-refractivity contribution is 5.85. The molecule has 0 spiro atoms. The van der Waals surface area contributed by atoms with Gasteiger partial charge < -0.3 is 10.1 Å². The van der Waals surface area contributed by atoms with Gasteiger partial charge in [-0.2, -0.15) is 13.2 Å². The number of hydrogen-bond acceptors (Lipinski definition) is 3. The van der Waals surface area contributed by atoms with Crippen molar-refractivity contribution in [1.82, 2.24) is 5.32 Å². The van der Waals surface area contributed by atoms with Crippen LogP contribution in [0.5, 0.6) is 0 Å². The van der Waals surface area contributed by atoms with E-state index in [1.54, 1.807) is 0 Å². The molecule has 7 heteroatoms. The van der Waals surface area contributed by atoms with E-state index in [0.29, 0.717) is 6.42 Å². The molecule has 1 heterocycles. The lowest BCUT2D eigenvalue weighted by Gasteiger charge is -2.30. The Morgan fingerprint density at radius 1 is 1.32 bits per heavy atom. The number of methoxy groups -OCH3 is 1. The molecule has 124 valence electrons. The topological polar surface area (TPSA) is 38.3 Å². The third-order valence-electron chi connectivity index (χ3n) is 3.84. The number of carbonyl (C=O) groups excluding carboxylic acids is 1. The van der Waals surface area contributed by atoms with Crippen LogP contribution in [0.15, 0.2) is 24.3 Å². The average Bonchev–Trinajstić information content (AvgIpc) is 2.46. The Morgan fingerprint density at radius 2 is 1.95 bits per heavy atom. The first-order valence-electron chi connectivity index (χ1n) is 6.87. The second-order valence-corrected chi connectivity index (χ2v) is 5.30. The third kappa shape index (κ3) is 4.88. The molecule has 2 rings (SSSR count). The summed E-state index contributed by atoms with van der Waals surface area (Å²) in [6.45, 7) is 0.743. The number of carbonyl (C=O) groups is 1. The van der Waals surface area contributed by atoms with Gasteiger partial charge in [-0.15, -0.1) is 12.4 Å². The van der Waals surface area contributed by atoms with E-state index >= 15 is 0 Å². The Labute approximate surface area is 133 Å². The fourth-order valence-corrected chi connectivity index (χ4v) is 2.66. The van der Waals surface area contributed by atoms with Crippen molar-refractivity contribution in [3.05, 3.63) is 35.4 Å². The summed E-state index contributed by atoms with van der Waals surface area (Å²) in [6, 6.07) is 5.18. The van der Waals surface area contributed by atoms with Gasteiger partial charge in [-0.25, -0.2) is 0 Å². The molecule has 0 aliphatic carbocycles. The van der Waals surface area contributed by atoms with Gasteiger partial charge in [-0.1, -0.05) is 12.1 Å². The first kappa shape index (κ1) is 18.8. The quantitative estimate of drug-likeness (QED) is 0.854. The maximum atomic E-state index is 12.5. The molecule has 0 bridgehead atoms. The molecule has 0 aromatic heterocycles. The van der Waals surface area contributed by atoms with Crippen LogP contribution >= 0.6 is 12.4 Å². The van der Waals surface area contributed by atoms with Crippen LogP contribution in [0.25, 0.3) is 0 Å². The van der Waals surface area contributed by atoms with Crippen LogP contribution < -0.4 is 5.32 Å². The van der Waals surface area contributed by atoms with Gasteiger partial charge in [0.1, 0.15) is 0 Å². The Hall–Kier alpha value is -1.27. The number of halogens is 4. The van der Waals surface area contributed by atoms with Crippen LogP contribution in [0.3, 0.4) is 0 Å². The maximum absolute atomic E-state index is 12.5. The van der Waals surface area contributed by atoms with Gasteiger partial charge in [-0.3, -0.25) is 4.79 Å². The standard InChI is InChI=1S/C15H18F3NO2.ClH/c1-21-14(20)9-10-6-7-19-13(8-10)11-2-4-12(5-3-11)15(16,17)18;/h2-5,10,13,19H,6-9H2,1H3;1H. The molecule has 1 aliphatic heterocycles. The van der Waals surface area contributed by atoms with Crippen LogP contribution in [0.4, 0.5) is 13.2 Å². The second kappa shape index (κ2) is 7.83. The normalized spacial score (nSPS) is 21.8. The lowest BCUT2D eigenvalue weighted by Crippen LogP contribution is -2.32. The minimum atomic E-state index is -4.31. The van der Waals surface area contributed by atoms with Crippen molar-refractivity contribution in [2.24, 2.45) is 5.92 Å².